The van der Waals surface area contributed by atoms with Crippen LogP contribution in [-0.2, 0) is 0 Å². The Morgan fingerprint density at radius 3 is 1.82 bits per heavy atom. The summed E-state index contributed by atoms with van der Waals surface area (Å²) in [4.78, 5) is 2.25. The van der Waals surface area contributed by atoms with Crippen LogP contribution in [0.15, 0.2) is 0 Å². The zero-order valence-corrected chi connectivity index (χ0v) is 8.22. The van der Waals surface area contributed by atoms with E-state index in [1.54, 1.807) is 0 Å². The van der Waals surface area contributed by atoms with Crippen LogP contribution in [0.25, 0.3) is 0 Å². The van der Waals surface area contributed by atoms with Gasteiger partial charge in [0.2, 0.25) is 0 Å². The maximum absolute atomic E-state index is 9.47. The largest absolute Gasteiger partial charge is 0.390 e. The van der Waals surface area contributed by atoms with Crippen LogP contribution < -0.4 is 0 Å². The van der Waals surface area contributed by atoms with Crippen LogP contribution in [0.1, 0.15) is 33.6 Å². The summed E-state index contributed by atoms with van der Waals surface area (Å²) in [6.07, 6.45) is 1.84. The van der Waals surface area contributed by atoms with Crippen LogP contribution in [-0.4, -0.2) is 35.7 Å². The van der Waals surface area contributed by atoms with Gasteiger partial charge >= 0.3 is 0 Å². The molecular formula is C9H21NO. The molecule has 1 heterocycles. The maximum atomic E-state index is 9.47. The Morgan fingerprint density at radius 2 is 1.55 bits per heavy atom. The molecule has 0 radical (unpaired) electrons. The number of rotatable bonds is 0. The van der Waals surface area contributed by atoms with Crippen molar-refractivity contribution in [2.75, 3.05) is 20.1 Å². The van der Waals surface area contributed by atoms with Crippen LogP contribution in [0.4, 0.5) is 0 Å². The Morgan fingerprint density at radius 1 is 1.18 bits per heavy atom. The second kappa shape index (κ2) is 4.73. The molecule has 1 aliphatic heterocycles. The van der Waals surface area contributed by atoms with Crippen molar-refractivity contribution in [2.45, 2.75) is 39.2 Å². The van der Waals surface area contributed by atoms with Crippen LogP contribution in [0, 0.1) is 0 Å². The summed E-state index contributed by atoms with van der Waals surface area (Å²) >= 11 is 0. The summed E-state index contributed by atoms with van der Waals surface area (Å²) in [5, 5.41) is 9.47. The van der Waals surface area contributed by atoms with Crippen molar-refractivity contribution < 1.29 is 5.11 Å². The quantitative estimate of drug-likeness (QED) is 0.579. The highest BCUT2D eigenvalue weighted by molar-refractivity contribution is 4.79. The van der Waals surface area contributed by atoms with E-state index in [1.807, 2.05) is 20.8 Å². The van der Waals surface area contributed by atoms with E-state index in [0.29, 0.717) is 0 Å². The van der Waals surface area contributed by atoms with Crippen molar-refractivity contribution in [2.24, 2.45) is 0 Å². The van der Waals surface area contributed by atoms with E-state index in [4.69, 9.17) is 0 Å². The van der Waals surface area contributed by atoms with Gasteiger partial charge in [-0.15, -0.1) is 0 Å². The minimum atomic E-state index is -0.382. The Bertz CT molecular complexity index is 91.7. The molecule has 2 heteroatoms. The van der Waals surface area contributed by atoms with Gasteiger partial charge in [0.15, 0.2) is 0 Å². The van der Waals surface area contributed by atoms with Crippen molar-refractivity contribution in [3.8, 4) is 0 Å². The van der Waals surface area contributed by atoms with Gasteiger partial charge < -0.3 is 10.0 Å². The molecule has 68 valence electrons. The first-order chi connectivity index (χ1) is 5.10. The van der Waals surface area contributed by atoms with E-state index in [1.165, 1.54) is 0 Å². The summed E-state index contributed by atoms with van der Waals surface area (Å²) in [7, 11) is 2.09. The second-order valence-corrected chi connectivity index (χ2v) is 3.30. The minimum Gasteiger partial charge on any atom is -0.390 e. The molecule has 0 atom stereocenters. The van der Waals surface area contributed by atoms with Gasteiger partial charge in [0.05, 0.1) is 5.60 Å². The van der Waals surface area contributed by atoms with Gasteiger partial charge in [-0.2, -0.15) is 0 Å². The van der Waals surface area contributed by atoms with E-state index < -0.39 is 0 Å². The topological polar surface area (TPSA) is 23.5 Å². The number of nitrogens with zero attached hydrogens (tertiary/aromatic N) is 1. The molecule has 0 unspecified atom stereocenters. The predicted molar refractivity (Wildman–Crippen MR) is 48.7 cm³/mol. The summed E-state index contributed by atoms with van der Waals surface area (Å²) in [6, 6.07) is 0. The SMILES string of the molecule is CC.CN1CCC(C)(O)CC1. The van der Waals surface area contributed by atoms with Gasteiger partial charge in [0, 0.05) is 13.1 Å². The monoisotopic (exact) mass is 159 g/mol. The molecule has 0 aliphatic carbocycles. The van der Waals surface area contributed by atoms with Gasteiger partial charge in [-0.05, 0) is 26.8 Å². The van der Waals surface area contributed by atoms with E-state index in [2.05, 4.69) is 11.9 Å². The zero-order valence-electron chi connectivity index (χ0n) is 8.22. The van der Waals surface area contributed by atoms with E-state index in [9.17, 15) is 5.11 Å². The fourth-order valence-corrected chi connectivity index (χ4v) is 1.10. The fourth-order valence-electron chi connectivity index (χ4n) is 1.10. The van der Waals surface area contributed by atoms with Crippen molar-refractivity contribution in [1.29, 1.82) is 0 Å². The molecule has 0 aromatic heterocycles. The number of piperidine rings is 1. The molecular weight excluding hydrogens is 138 g/mol. The number of hydrogen-bond acceptors (Lipinski definition) is 2. The molecule has 1 rings (SSSR count). The molecule has 0 amide bonds. The molecule has 1 aliphatic rings. The predicted octanol–water partition coefficient (Wildman–Crippen LogP) is 1.49. The summed E-state index contributed by atoms with van der Waals surface area (Å²) in [5.41, 5.74) is -0.382. The number of likely N-dealkylation sites (tertiary alicyclic amines) is 1. The lowest BCUT2D eigenvalue weighted by Gasteiger charge is -2.33. The van der Waals surface area contributed by atoms with Crippen LogP contribution in [0.3, 0.4) is 0 Å². The first-order valence-corrected chi connectivity index (χ1v) is 4.51. The lowest BCUT2D eigenvalue weighted by Crippen LogP contribution is -2.40. The van der Waals surface area contributed by atoms with Crippen molar-refractivity contribution in [3.05, 3.63) is 0 Å². The van der Waals surface area contributed by atoms with Gasteiger partial charge in [-0.3, -0.25) is 0 Å². The van der Waals surface area contributed by atoms with E-state index >= 15 is 0 Å². The summed E-state index contributed by atoms with van der Waals surface area (Å²) in [6.45, 7) is 7.99. The zero-order chi connectivity index (χ0) is 8.91. The molecule has 2 nitrogen and oxygen atoms in total. The van der Waals surface area contributed by atoms with Gasteiger partial charge in [0.25, 0.3) is 0 Å². The van der Waals surface area contributed by atoms with Crippen LogP contribution in [0.2, 0.25) is 0 Å². The molecule has 0 aromatic rings. The second-order valence-electron chi connectivity index (χ2n) is 3.30. The molecule has 0 spiro atoms. The highest BCUT2D eigenvalue weighted by atomic mass is 16.3. The van der Waals surface area contributed by atoms with Crippen LogP contribution >= 0.6 is 0 Å². The maximum Gasteiger partial charge on any atom is 0.0644 e. The average molecular weight is 159 g/mol. The highest BCUT2D eigenvalue weighted by Gasteiger charge is 2.24. The molecule has 11 heavy (non-hydrogen) atoms. The molecule has 1 N–H and O–H groups in total. The highest BCUT2D eigenvalue weighted by Crippen LogP contribution is 2.19. The van der Waals surface area contributed by atoms with E-state index in [0.717, 1.165) is 25.9 Å². The third-order valence-corrected chi connectivity index (χ3v) is 2.06. The molecule has 1 fully saturated rings. The van der Waals surface area contributed by atoms with Crippen LogP contribution in [0.5, 0.6) is 0 Å². The Labute approximate surface area is 70.2 Å². The lowest BCUT2D eigenvalue weighted by atomic mass is 9.94. The summed E-state index contributed by atoms with van der Waals surface area (Å²) < 4.78 is 0. The number of aliphatic hydroxyl groups is 1. The van der Waals surface area contributed by atoms with Gasteiger partial charge in [-0.1, -0.05) is 13.8 Å². The van der Waals surface area contributed by atoms with Gasteiger partial charge in [0.1, 0.15) is 0 Å². The normalized spacial score (nSPS) is 23.7. The Balaban J connectivity index is 0.000000461. The number of hydrogen-bond donors (Lipinski definition) is 1. The third kappa shape index (κ3) is 4.38. The Hall–Kier alpha value is -0.0800. The first kappa shape index (κ1) is 10.9. The average Bonchev–Trinajstić information content (AvgIpc) is 2.00. The fraction of sp³-hybridized carbons (Fsp3) is 1.00. The molecule has 1 saturated heterocycles. The smallest absolute Gasteiger partial charge is 0.0644 e. The van der Waals surface area contributed by atoms with Crippen molar-refractivity contribution in [3.63, 3.8) is 0 Å². The van der Waals surface area contributed by atoms with Crippen molar-refractivity contribution in [1.82, 2.24) is 4.90 Å². The summed E-state index contributed by atoms with van der Waals surface area (Å²) in [5.74, 6) is 0. The Kier molecular flexibility index (Phi) is 4.69. The third-order valence-electron chi connectivity index (χ3n) is 2.06. The van der Waals surface area contributed by atoms with E-state index in [-0.39, 0.29) is 5.60 Å². The van der Waals surface area contributed by atoms with Crippen molar-refractivity contribution >= 4 is 0 Å². The molecule has 0 bridgehead atoms. The first-order valence-electron chi connectivity index (χ1n) is 4.51. The minimum absolute atomic E-state index is 0.382. The van der Waals surface area contributed by atoms with Gasteiger partial charge in [-0.25, -0.2) is 0 Å². The molecule has 0 saturated carbocycles. The molecule has 0 aromatic carbocycles. The lowest BCUT2D eigenvalue weighted by molar-refractivity contribution is 0.00100. The standard InChI is InChI=1S/C7H15NO.C2H6/c1-7(9)3-5-8(2)6-4-7;1-2/h9H,3-6H2,1-2H3;1-2H3.